The molecule has 1 amide bonds. The zero-order valence-electron chi connectivity index (χ0n) is 13.1. The lowest BCUT2D eigenvalue weighted by atomic mass is 9.92. The second kappa shape index (κ2) is 5.45. The maximum absolute atomic E-state index is 12.2. The number of nitrogens with zero attached hydrogens (tertiary/aromatic N) is 1. The Bertz CT molecular complexity index is 415. The Morgan fingerprint density at radius 2 is 2.05 bits per heavy atom. The smallest absolute Gasteiger partial charge is 0.226 e. The van der Waals surface area contributed by atoms with Gasteiger partial charge in [0.2, 0.25) is 5.91 Å². The van der Waals surface area contributed by atoms with Crippen LogP contribution in [0.5, 0.6) is 0 Å². The van der Waals surface area contributed by atoms with Crippen LogP contribution < -0.4 is 0 Å². The lowest BCUT2D eigenvalue weighted by molar-refractivity contribution is -0.138. The first kappa shape index (κ1) is 14.4. The quantitative estimate of drug-likeness (QED) is 0.799. The van der Waals surface area contributed by atoms with Gasteiger partial charge in [-0.05, 0) is 37.5 Å². The number of hydrogen-bond acceptors (Lipinski definition) is 3. The Balaban J connectivity index is 1.21. The summed E-state index contributed by atoms with van der Waals surface area (Å²) in [6, 6.07) is 0. The van der Waals surface area contributed by atoms with E-state index in [-0.39, 0.29) is 0 Å². The fraction of sp³-hybridized carbons (Fsp3) is 0.941. The normalized spacial score (nSPS) is 38.0. The molecule has 0 N–H and O–H groups in total. The lowest BCUT2D eigenvalue weighted by Gasteiger charge is -2.47. The highest BCUT2D eigenvalue weighted by Gasteiger charge is 2.53. The Morgan fingerprint density at radius 3 is 2.71 bits per heavy atom. The molecule has 3 atom stereocenters. The molecule has 2 saturated heterocycles. The summed E-state index contributed by atoms with van der Waals surface area (Å²) in [5.41, 5.74) is 0. The van der Waals surface area contributed by atoms with E-state index in [4.69, 9.17) is 4.74 Å². The van der Waals surface area contributed by atoms with Crippen molar-refractivity contribution in [2.24, 2.45) is 17.8 Å². The molecule has 0 aromatic heterocycles. The number of likely N-dealkylation sites (tertiary alicyclic amines) is 1. The van der Waals surface area contributed by atoms with Crippen molar-refractivity contribution in [3.63, 3.8) is 0 Å². The van der Waals surface area contributed by atoms with Gasteiger partial charge >= 0.3 is 0 Å². The van der Waals surface area contributed by atoms with Gasteiger partial charge in [0.15, 0.2) is 0 Å². The van der Waals surface area contributed by atoms with Crippen LogP contribution in [-0.4, -0.2) is 47.1 Å². The Morgan fingerprint density at radius 1 is 1.33 bits per heavy atom. The minimum Gasteiger partial charge on any atom is -0.377 e. The lowest BCUT2D eigenvalue weighted by Crippen LogP contribution is -2.61. The van der Waals surface area contributed by atoms with Crippen LogP contribution >= 0.6 is 11.8 Å². The maximum atomic E-state index is 12.2. The van der Waals surface area contributed by atoms with E-state index < -0.39 is 0 Å². The third kappa shape index (κ3) is 2.86. The largest absolute Gasteiger partial charge is 0.377 e. The molecule has 4 rings (SSSR count). The predicted octanol–water partition coefficient (Wildman–Crippen LogP) is 2.94. The molecule has 0 unspecified atom stereocenters. The molecule has 2 aliphatic heterocycles. The summed E-state index contributed by atoms with van der Waals surface area (Å²) in [7, 11) is 0. The summed E-state index contributed by atoms with van der Waals surface area (Å²) in [6.07, 6.45) is 8.24. The van der Waals surface area contributed by atoms with Gasteiger partial charge in [-0.1, -0.05) is 19.8 Å². The Kier molecular flexibility index (Phi) is 3.73. The highest BCUT2D eigenvalue weighted by molar-refractivity contribution is 8.01. The van der Waals surface area contributed by atoms with Crippen molar-refractivity contribution in [1.29, 1.82) is 0 Å². The van der Waals surface area contributed by atoms with Gasteiger partial charge in [-0.3, -0.25) is 4.79 Å². The van der Waals surface area contributed by atoms with Gasteiger partial charge in [-0.15, -0.1) is 11.8 Å². The zero-order valence-corrected chi connectivity index (χ0v) is 13.9. The molecule has 0 bridgehead atoms. The number of ether oxygens (including phenoxy) is 1. The van der Waals surface area contributed by atoms with Crippen LogP contribution in [0.3, 0.4) is 0 Å². The summed E-state index contributed by atoms with van der Waals surface area (Å²) >= 11 is 2.06. The third-order valence-electron chi connectivity index (χ3n) is 5.91. The van der Waals surface area contributed by atoms with Gasteiger partial charge in [0.25, 0.3) is 0 Å². The molecule has 2 saturated carbocycles. The number of thioether (sulfide) groups is 1. The van der Waals surface area contributed by atoms with Crippen LogP contribution in [-0.2, 0) is 9.53 Å². The highest BCUT2D eigenvalue weighted by atomic mass is 32.2. The van der Waals surface area contributed by atoms with Crippen molar-refractivity contribution in [1.82, 2.24) is 4.90 Å². The molecule has 4 heteroatoms. The first-order valence-corrected chi connectivity index (χ1v) is 9.68. The van der Waals surface area contributed by atoms with Crippen molar-refractivity contribution < 1.29 is 9.53 Å². The second-order valence-corrected chi connectivity index (χ2v) is 9.31. The molecule has 4 fully saturated rings. The van der Waals surface area contributed by atoms with Gasteiger partial charge < -0.3 is 9.64 Å². The molecule has 21 heavy (non-hydrogen) atoms. The fourth-order valence-corrected chi connectivity index (χ4v) is 5.84. The number of hydrogen-bond donors (Lipinski definition) is 0. The van der Waals surface area contributed by atoms with Gasteiger partial charge in [-0.25, -0.2) is 0 Å². The van der Waals surface area contributed by atoms with Crippen molar-refractivity contribution in [3.8, 4) is 0 Å². The van der Waals surface area contributed by atoms with E-state index in [1.165, 1.54) is 25.7 Å². The van der Waals surface area contributed by atoms with E-state index in [9.17, 15) is 4.79 Å². The Labute approximate surface area is 132 Å². The van der Waals surface area contributed by atoms with Crippen LogP contribution in [0.2, 0.25) is 0 Å². The molecule has 3 nitrogen and oxygen atoms in total. The van der Waals surface area contributed by atoms with E-state index in [1.807, 2.05) is 0 Å². The molecule has 0 aromatic carbocycles. The number of amides is 1. The van der Waals surface area contributed by atoms with Crippen molar-refractivity contribution >= 4 is 17.7 Å². The van der Waals surface area contributed by atoms with E-state index in [0.29, 0.717) is 28.6 Å². The molecular weight excluding hydrogens is 282 g/mol. The maximum Gasteiger partial charge on any atom is 0.226 e. The molecule has 0 radical (unpaired) electrons. The minimum atomic E-state index is 0.341. The molecule has 118 valence electrons. The molecule has 2 heterocycles. The van der Waals surface area contributed by atoms with Crippen molar-refractivity contribution in [3.05, 3.63) is 0 Å². The van der Waals surface area contributed by atoms with Gasteiger partial charge in [0, 0.05) is 31.4 Å². The van der Waals surface area contributed by atoms with Crippen LogP contribution in [0.4, 0.5) is 0 Å². The van der Waals surface area contributed by atoms with Gasteiger partial charge in [0.1, 0.15) is 0 Å². The average molecular weight is 309 g/mol. The average Bonchev–Trinajstić information content (AvgIpc) is 2.87. The van der Waals surface area contributed by atoms with E-state index in [1.54, 1.807) is 0 Å². The fourth-order valence-electron chi connectivity index (χ4n) is 4.29. The van der Waals surface area contributed by atoms with E-state index >= 15 is 0 Å². The molecule has 4 aliphatic rings. The zero-order chi connectivity index (χ0) is 14.4. The van der Waals surface area contributed by atoms with Crippen molar-refractivity contribution in [2.75, 3.05) is 25.4 Å². The summed E-state index contributed by atoms with van der Waals surface area (Å²) in [6.45, 7) is 5.12. The van der Waals surface area contributed by atoms with Crippen LogP contribution in [0, 0.1) is 17.8 Å². The monoisotopic (exact) mass is 309 g/mol. The van der Waals surface area contributed by atoms with Crippen LogP contribution in [0.1, 0.15) is 45.4 Å². The van der Waals surface area contributed by atoms with Crippen LogP contribution in [0.15, 0.2) is 0 Å². The summed E-state index contributed by atoms with van der Waals surface area (Å²) in [4.78, 5) is 14.3. The molecule has 0 aromatic rings. The van der Waals surface area contributed by atoms with E-state index in [0.717, 1.165) is 44.2 Å². The Hall–Kier alpha value is -0.220. The summed E-state index contributed by atoms with van der Waals surface area (Å²) < 4.78 is 6.51. The standard InChI is InChI=1S/C17H27NO2S/c1-12-6-15(12)16(19)18-10-17(11-18)7-14(9-21-17)20-8-13-4-2-3-5-13/h12-15H,2-11H2,1H3/t12-,14+,15-/m1/s1. The second-order valence-electron chi connectivity index (χ2n) is 7.82. The molecule has 2 aliphatic carbocycles. The van der Waals surface area contributed by atoms with Gasteiger partial charge in [0.05, 0.1) is 10.9 Å². The minimum absolute atomic E-state index is 0.341. The number of carbonyl (C=O) groups excluding carboxylic acids is 1. The van der Waals surface area contributed by atoms with Crippen molar-refractivity contribution in [2.45, 2.75) is 56.3 Å². The number of rotatable bonds is 4. The first-order chi connectivity index (χ1) is 10.2. The van der Waals surface area contributed by atoms with Crippen LogP contribution in [0.25, 0.3) is 0 Å². The molecule has 1 spiro atoms. The number of carbonyl (C=O) groups is 1. The highest BCUT2D eigenvalue weighted by Crippen LogP contribution is 2.48. The first-order valence-electron chi connectivity index (χ1n) is 8.70. The SMILES string of the molecule is C[C@@H]1C[C@H]1C(=O)N1CC2(C[C@H](OCC3CCCC3)CS2)C1. The van der Waals surface area contributed by atoms with E-state index in [2.05, 4.69) is 23.6 Å². The topological polar surface area (TPSA) is 29.5 Å². The third-order valence-corrected chi connectivity index (χ3v) is 7.49. The molecular formula is C17H27NO2S. The predicted molar refractivity (Wildman–Crippen MR) is 85.4 cm³/mol. The summed E-state index contributed by atoms with van der Waals surface area (Å²) in [5.74, 6) is 3.36. The van der Waals surface area contributed by atoms with Gasteiger partial charge in [-0.2, -0.15) is 0 Å². The summed E-state index contributed by atoms with van der Waals surface area (Å²) in [5, 5.41) is 0.